The lowest BCUT2D eigenvalue weighted by Gasteiger charge is -2.12. The highest BCUT2D eigenvalue weighted by Crippen LogP contribution is 1.79. The highest BCUT2D eigenvalue weighted by Gasteiger charge is 2.08. The molecular weight excluding hydrogens is 166 g/mol. The second-order valence-electron chi connectivity index (χ2n) is 2.43. The molecular formula is C6H16ClN3O. The van der Waals surface area contributed by atoms with Crippen LogP contribution in [0.1, 0.15) is 13.8 Å². The minimum absolute atomic E-state index is 0. The number of halogens is 1. The molecule has 5 heteroatoms. The second kappa shape index (κ2) is 6.39. The number of hydrogen-bond donors (Lipinski definition) is 3. The van der Waals surface area contributed by atoms with Crippen molar-refractivity contribution in [2.24, 2.45) is 11.5 Å². The first-order valence-corrected chi connectivity index (χ1v) is 3.34. The molecule has 0 rings (SSSR count). The molecule has 1 unspecified atom stereocenters. The third-order valence-corrected chi connectivity index (χ3v) is 1.16. The van der Waals surface area contributed by atoms with Crippen LogP contribution in [-0.2, 0) is 4.79 Å². The van der Waals surface area contributed by atoms with Gasteiger partial charge >= 0.3 is 0 Å². The second-order valence-corrected chi connectivity index (χ2v) is 2.43. The zero-order valence-electron chi connectivity index (χ0n) is 6.83. The van der Waals surface area contributed by atoms with Crippen molar-refractivity contribution in [1.29, 1.82) is 0 Å². The van der Waals surface area contributed by atoms with Gasteiger partial charge in [-0.3, -0.25) is 4.79 Å². The van der Waals surface area contributed by atoms with Crippen molar-refractivity contribution in [1.82, 2.24) is 5.32 Å². The number of hydrogen-bond acceptors (Lipinski definition) is 3. The van der Waals surface area contributed by atoms with Crippen LogP contribution in [0.2, 0.25) is 0 Å². The zero-order chi connectivity index (χ0) is 8.15. The highest BCUT2D eigenvalue weighted by molar-refractivity contribution is 5.85. The number of nitrogens with one attached hydrogen (secondary N) is 1. The Morgan fingerprint density at radius 1 is 1.55 bits per heavy atom. The van der Waals surface area contributed by atoms with Gasteiger partial charge in [-0.1, -0.05) is 0 Å². The molecule has 0 fully saturated rings. The Balaban J connectivity index is 0. The van der Waals surface area contributed by atoms with Gasteiger partial charge < -0.3 is 16.8 Å². The van der Waals surface area contributed by atoms with Crippen molar-refractivity contribution in [2.75, 3.05) is 6.54 Å². The van der Waals surface area contributed by atoms with Gasteiger partial charge in [-0.05, 0) is 13.8 Å². The maximum absolute atomic E-state index is 10.8. The summed E-state index contributed by atoms with van der Waals surface area (Å²) in [4.78, 5) is 10.8. The quantitative estimate of drug-likeness (QED) is 0.534. The third-order valence-electron chi connectivity index (χ3n) is 1.16. The lowest BCUT2D eigenvalue weighted by atomic mass is 10.3. The molecule has 0 bridgehead atoms. The molecule has 0 radical (unpaired) electrons. The maximum Gasteiger partial charge on any atom is 0.236 e. The first kappa shape index (κ1) is 13.3. The molecule has 0 heterocycles. The van der Waals surface area contributed by atoms with Crippen molar-refractivity contribution < 1.29 is 4.79 Å². The Bertz CT molecular complexity index is 118. The Morgan fingerprint density at radius 3 is 2.27 bits per heavy atom. The van der Waals surface area contributed by atoms with Crippen molar-refractivity contribution in [3.63, 3.8) is 0 Å². The summed E-state index contributed by atoms with van der Waals surface area (Å²) < 4.78 is 0. The predicted molar refractivity (Wildman–Crippen MR) is 47.6 cm³/mol. The minimum atomic E-state index is -0.450. The average Bonchev–Trinajstić information content (AvgIpc) is 1.87. The molecule has 68 valence electrons. The summed E-state index contributed by atoms with van der Waals surface area (Å²) in [5, 5.41) is 2.64. The topological polar surface area (TPSA) is 81.1 Å². The largest absolute Gasteiger partial charge is 0.351 e. The van der Waals surface area contributed by atoms with Gasteiger partial charge in [0, 0.05) is 12.6 Å². The Morgan fingerprint density at radius 2 is 2.00 bits per heavy atom. The normalized spacial score (nSPS) is 14.5. The van der Waals surface area contributed by atoms with E-state index in [1.165, 1.54) is 0 Å². The summed E-state index contributed by atoms with van der Waals surface area (Å²) in [7, 11) is 0. The standard InChI is InChI=1S/C6H15N3O.ClH/c1-4(3-7)9-6(10)5(2)8;/h4-5H,3,7-8H2,1-2H3,(H,9,10);1H/t4-,5?;/m1./s1. The molecule has 0 aromatic rings. The van der Waals surface area contributed by atoms with Crippen LogP contribution in [0, 0.1) is 0 Å². The van der Waals surface area contributed by atoms with Crippen LogP contribution in [0.3, 0.4) is 0 Å². The molecule has 11 heavy (non-hydrogen) atoms. The van der Waals surface area contributed by atoms with Gasteiger partial charge in [-0.25, -0.2) is 0 Å². The van der Waals surface area contributed by atoms with Gasteiger partial charge in [0.15, 0.2) is 0 Å². The monoisotopic (exact) mass is 181 g/mol. The van der Waals surface area contributed by atoms with Crippen LogP contribution in [0.15, 0.2) is 0 Å². The molecule has 0 aliphatic heterocycles. The van der Waals surface area contributed by atoms with Crippen LogP contribution in [0.25, 0.3) is 0 Å². The van der Waals surface area contributed by atoms with E-state index in [1.807, 2.05) is 6.92 Å². The summed E-state index contributed by atoms with van der Waals surface area (Å²) in [6.07, 6.45) is 0. The van der Waals surface area contributed by atoms with Crippen molar-refractivity contribution in [3.05, 3.63) is 0 Å². The van der Waals surface area contributed by atoms with Crippen LogP contribution in [-0.4, -0.2) is 24.5 Å². The van der Waals surface area contributed by atoms with Gasteiger partial charge in [0.1, 0.15) is 0 Å². The molecule has 1 amide bonds. The summed E-state index contributed by atoms with van der Waals surface area (Å²) >= 11 is 0. The van der Waals surface area contributed by atoms with E-state index in [0.717, 1.165) is 0 Å². The lowest BCUT2D eigenvalue weighted by Crippen LogP contribution is -2.45. The van der Waals surface area contributed by atoms with Crippen LogP contribution in [0.5, 0.6) is 0 Å². The first-order chi connectivity index (χ1) is 4.57. The molecule has 0 aromatic heterocycles. The first-order valence-electron chi connectivity index (χ1n) is 3.34. The van der Waals surface area contributed by atoms with Gasteiger partial charge in [0.2, 0.25) is 5.91 Å². The lowest BCUT2D eigenvalue weighted by molar-refractivity contribution is -0.122. The predicted octanol–water partition coefficient (Wildman–Crippen LogP) is -0.781. The number of carbonyl (C=O) groups is 1. The average molecular weight is 182 g/mol. The number of rotatable bonds is 3. The molecule has 4 nitrogen and oxygen atoms in total. The molecule has 0 saturated carbocycles. The van der Waals surface area contributed by atoms with Gasteiger partial charge in [0.25, 0.3) is 0 Å². The van der Waals surface area contributed by atoms with Gasteiger partial charge in [-0.2, -0.15) is 0 Å². The Labute approximate surface area is 73.1 Å². The SMILES string of the molecule is CC(N)C(=O)N[C@H](C)CN.Cl. The van der Waals surface area contributed by atoms with E-state index in [9.17, 15) is 4.79 Å². The van der Waals surface area contributed by atoms with Crippen LogP contribution < -0.4 is 16.8 Å². The fourth-order valence-corrected chi connectivity index (χ4v) is 0.433. The van der Waals surface area contributed by atoms with E-state index in [2.05, 4.69) is 5.32 Å². The van der Waals surface area contributed by atoms with Crippen LogP contribution >= 0.6 is 12.4 Å². The summed E-state index contributed by atoms with van der Waals surface area (Å²) in [5.41, 5.74) is 10.6. The summed E-state index contributed by atoms with van der Waals surface area (Å²) in [6, 6.07) is -0.438. The van der Waals surface area contributed by atoms with Crippen molar-refractivity contribution in [3.8, 4) is 0 Å². The van der Waals surface area contributed by atoms with Crippen molar-refractivity contribution in [2.45, 2.75) is 25.9 Å². The Kier molecular flexibility index (Phi) is 7.72. The smallest absolute Gasteiger partial charge is 0.236 e. The van der Waals surface area contributed by atoms with E-state index in [0.29, 0.717) is 6.54 Å². The van der Waals surface area contributed by atoms with E-state index >= 15 is 0 Å². The summed E-state index contributed by atoms with van der Waals surface area (Å²) in [6.45, 7) is 3.91. The molecule has 2 atom stereocenters. The van der Waals surface area contributed by atoms with E-state index in [4.69, 9.17) is 11.5 Å². The van der Waals surface area contributed by atoms with E-state index < -0.39 is 6.04 Å². The number of nitrogens with two attached hydrogens (primary N) is 2. The molecule has 0 aromatic carbocycles. The zero-order valence-corrected chi connectivity index (χ0v) is 7.65. The van der Waals surface area contributed by atoms with Crippen LogP contribution in [0.4, 0.5) is 0 Å². The maximum atomic E-state index is 10.8. The number of carbonyl (C=O) groups excluding carboxylic acids is 1. The molecule has 0 aliphatic carbocycles. The molecule has 0 spiro atoms. The Hall–Kier alpha value is -0.320. The third kappa shape index (κ3) is 6.09. The fraction of sp³-hybridized carbons (Fsp3) is 0.833. The minimum Gasteiger partial charge on any atom is -0.351 e. The number of amides is 1. The fourth-order valence-electron chi connectivity index (χ4n) is 0.433. The van der Waals surface area contributed by atoms with Crippen molar-refractivity contribution >= 4 is 18.3 Å². The molecule has 5 N–H and O–H groups in total. The van der Waals surface area contributed by atoms with E-state index in [1.54, 1.807) is 6.92 Å². The molecule has 0 aliphatic rings. The summed E-state index contributed by atoms with van der Waals surface area (Å²) in [5.74, 6) is -0.155. The highest BCUT2D eigenvalue weighted by atomic mass is 35.5. The van der Waals surface area contributed by atoms with E-state index in [-0.39, 0.29) is 24.4 Å². The molecule has 0 saturated heterocycles. The van der Waals surface area contributed by atoms with Gasteiger partial charge in [-0.15, -0.1) is 12.4 Å². The van der Waals surface area contributed by atoms with Gasteiger partial charge in [0.05, 0.1) is 6.04 Å².